The molecule has 206 valence electrons. The second-order valence-electron chi connectivity index (χ2n) is 11.2. The van der Waals surface area contributed by atoms with Crippen LogP contribution >= 0.6 is 0 Å². The smallest absolute Gasteiger partial charge is 0.156 e. The van der Waals surface area contributed by atoms with Crippen LogP contribution in [0.25, 0.3) is 33.5 Å². The van der Waals surface area contributed by atoms with Crippen LogP contribution in [0.15, 0.2) is 36.9 Å². The predicted molar refractivity (Wildman–Crippen MR) is 151 cm³/mol. The van der Waals surface area contributed by atoms with E-state index in [9.17, 15) is 0 Å². The summed E-state index contributed by atoms with van der Waals surface area (Å²) in [5.74, 6) is 0.0150. The summed E-state index contributed by atoms with van der Waals surface area (Å²) in [5, 5.41) is 4.71. The Labute approximate surface area is 229 Å². The van der Waals surface area contributed by atoms with Crippen LogP contribution in [0.3, 0.4) is 0 Å². The minimum absolute atomic E-state index is 0.164. The molecule has 2 aliphatic rings. The van der Waals surface area contributed by atoms with Crippen LogP contribution < -0.4 is 0 Å². The standard InChI is InChI=1S/C30H38FN7O/c1-4-37-9-5-24(6-10-37)38-19-23(15-34-38)25-16-32-30-29(25)35-27(17-33-30)21-13-22(18-36(2)3)28(26(31)14-21)20-7-11-39-12-8-20/h13-17,19-20,24H,4-12,18H2,1-3H3,(H,32,33). The lowest BCUT2D eigenvalue weighted by Gasteiger charge is -2.31. The van der Waals surface area contributed by atoms with Gasteiger partial charge in [-0.1, -0.05) is 6.92 Å². The molecule has 8 nitrogen and oxygen atoms in total. The summed E-state index contributed by atoms with van der Waals surface area (Å²) in [6.07, 6.45) is 11.6. The summed E-state index contributed by atoms with van der Waals surface area (Å²) in [4.78, 5) is 17.5. The summed E-state index contributed by atoms with van der Waals surface area (Å²) in [5.41, 5.74) is 6.71. The van der Waals surface area contributed by atoms with Crippen LogP contribution in [-0.2, 0) is 11.3 Å². The van der Waals surface area contributed by atoms with Gasteiger partial charge in [-0.15, -0.1) is 0 Å². The molecule has 0 atom stereocenters. The lowest BCUT2D eigenvalue weighted by molar-refractivity contribution is 0.0843. The number of benzene rings is 1. The van der Waals surface area contributed by atoms with Crippen molar-refractivity contribution in [2.24, 2.45) is 0 Å². The Bertz CT molecular complexity index is 1430. The SMILES string of the molecule is CCN1CCC(n2cc(-c3c[nH]c4ncc(-c5cc(F)c(C6CCOCC6)c(CN(C)C)c5)nc34)cn2)CC1. The van der Waals surface area contributed by atoms with E-state index in [2.05, 4.69) is 43.6 Å². The van der Waals surface area contributed by atoms with Crippen molar-refractivity contribution in [1.82, 2.24) is 34.5 Å². The number of aromatic nitrogens is 5. The van der Waals surface area contributed by atoms with Crippen molar-refractivity contribution in [1.29, 1.82) is 0 Å². The second kappa shape index (κ2) is 11.2. The van der Waals surface area contributed by atoms with Gasteiger partial charge in [0.25, 0.3) is 0 Å². The Morgan fingerprint density at radius 2 is 1.87 bits per heavy atom. The Kier molecular flexibility index (Phi) is 7.47. The summed E-state index contributed by atoms with van der Waals surface area (Å²) >= 11 is 0. The van der Waals surface area contributed by atoms with Gasteiger partial charge in [-0.05, 0) is 75.5 Å². The summed E-state index contributed by atoms with van der Waals surface area (Å²) in [6, 6.07) is 4.14. The number of hydrogen-bond acceptors (Lipinski definition) is 6. The highest BCUT2D eigenvalue weighted by atomic mass is 19.1. The fraction of sp³-hybridized carbons (Fsp3) is 0.500. The number of aromatic amines is 1. The molecule has 4 aromatic rings. The van der Waals surface area contributed by atoms with Crippen LogP contribution in [0.1, 0.15) is 55.7 Å². The molecule has 3 aromatic heterocycles. The Hall–Kier alpha value is -3.14. The van der Waals surface area contributed by atoms with Gasteiger partial charge in [-0.2, -0.15) is 5.10 Å². The van der Waals surface area contributed by atoms with E-state index in [4.69, 9.17) is 14.8 Å². The maximum absolute atomic E-state index is 15.7. The maximum atomic E-state index is 15.7. The zero-order valence-electron chi connectivity index (χ0n) is 23.2. The van der Waals surface area contributed by atoms with Crippen molar-refractivity contribution >= 4 is 11.2 Å². The van der Waals surface area contributed by atoms with Crippen molar-refractivity contribution in [2.75, 3.05) is 46.9 Å². The summed E-state index contributed by atoms with van der Waals surface area (Å²) in [6.45, 7) is 7.57. The maximum Gasteiger partial charge on any atom is 0.156 e. The molecule has 2 aliphatic heterocycles. The van der Waals surface area contributed by atoms with Gasteiger partial charge in [-0.25, -0.2) is 14.4 Å². The molecule has 0 spiro atoms. The number of ether oxygens (including phenoxy) is 1. The number of piperidine rings is 1. The van der Waals surface area contributed by atoms with Crippen LogP contribution in [0.2, 0.25) is 0 Å². The zero-order chi connectivity index (χ0) is 26.9. The average Bonchev–Trinajstić information content (AvgIpc) is 3.60. The van der Waals surface area contributed by atoms with Gasteiger partial charge in [0.05, 0.1) is 24.1 Å². The zero-order valence-corrected chi connectivity index (χ0v) is 23.2. The molecule has 5 heterocycles. The number of nitrogens with zero attached hydrogens (tertiary/aromatic N) is 6. The first-order valence-electron chi connectivity index (χ1n) is 14.2. The first-order chi connectivity index (χ1) is 19.0. The van der Waals surface area contributed by atoms with Gasteiger partial charge in [-0.3, -0.25) is 4.68 Å². The van der Waals surface area contributed by atoms with E-state index in [-0.39, 0.29) is 11.7 Å². The van der Waals surface area contributed by atoms with Crippen molar-refractivity contribution in [3.8, 4) is 22.4 Å². The van der Waals surface area contributed by atoms with Gasteiger partial charge in [0, 0.05) is 61.9 Å². The molecule has 0 saturated carbocycles. The van der Waals surface area contributed by atoms with Crippen LogP contribution in [-0.4, -0.2) is 81.5 Å². The molecule has 1 N–H and O–H groups in total. The summed E-state index contributed by atoms with van der Waals surface area (Å²) in [7, 11) is 4.03. The molecule has 0 amide bonds. The molecule has 2 saturated heterocycles. The third kappa shape index (κ3) is 5.35. The third-order valence-electron chi connectivity index (χ3n) is 8.30. The molecule has 2 fully saturated rings. The predicted octanol–water partition coefficient (Wildman–Crippen LogP) is 5.24. The van der Waals surface area contributed by atoms with E-state index in [1.165, 1.54) is 0 Å². The minimum atomic E-state index is -0.164. The Balaban J connectivity index is 1.33. The first-order valence-corrected chi connectivity index (χ1v) is 14.2. The number of likely N-dealkylation sites (tertiary alicyclic amines) is 1. The minimum Gasteiger partial charge on any atom is -0.381 e. The third-order valence-corrected chi connectivity index (χ3v) is 8.30. The number of halogens is 1. The van der Waals surface area contributed by atoms with Gasteiger partial charge in [0.1, 0.15) is 11.3 Å². The number of fused-ring (bicyclic) bond motifs is 1. The fourth-order valence-electron chi connectivity index (χ4n) is 6.17. The Morgan fingerprint density at radius 1 is 1.08 bits per heavy atom. The molecule has 1 aromatic carbocycles. The van der Waals surface area contributed by atoms with Crippen LogP contribution in [0.5, 0.6) is 0 Å². The van der Waals surface area contributed by atoms with Gasteiger partial charge < -0.3 is 19.5 Å². The summed E-state index contributed by atoms with van der Waals surface area (Å²) < 4.78 is 23.4. The topological polar surface area (TPSA) is 75.1 Å². The molecule has 39 heavy (non-hydrogen) atoms. The van der Waals surface area contributed by atoms with Crippen molar-refractivity contribution in [2.45, 2.75) is 51.1 Å². The van der Waals surface area contributed by atoms with Crippen LogP contribution in [0.4, 0.5) is 4.39 Å². The van der Waals surface area contributed by atoms with E-state index in [1.807, 2.05) is 26.5 Å². The highest BCUT2D eigenvalue weighted by Crippen LogP contribution is 2.36. The van der Waals surface area contributed by atoms with E-state index in [0.717, 1.165) is 78.7 Å². The second-order valence-corrected chi connectivity index (χ2v) is 11.2. The monoisotopic (exact) mass is 531 g/mol. The lowest BCUT2D eigenvalue weighted by Crippen LogP contribution is -2.34. The number of nitrogens with one attached hydrogen (secondary N) is 1. The first kappa shape index (κ1) is 26.1. The molecular formula is C30H38FN7O. The fourth-order valence-corrected chi connectivity index (χ4v) is 6.17. The molecule has 0 radical (unpaired) electrons. The van der Waals surface area contributed by atoms with E-state index < -0.39 is 0 Å². The number of rotatable bonds is 7. The van der Waals surface area contributed by atoms with Crippen LogP contribution in [0, 0.1) is 5.82 Å². The van der Waals surface area contributed by atoms with Gasteiger partial charge in [0.2, 0.25) is 0 Å². The lowest BCUT2D eigenvalue weighted by atomic mass is 9.86. The van der Waals surface area contributed by atoms with Crippen molar-refractivity contribution < 1.29 is 9.13 Å². The molecule has 9 heteroatoms. The molecule has 6 rings (SSSR count). The number of H-pyrrole nitrogens is 1. The van der Waals surface area contributed by atoms with E-state index in [0.29, 0.717) is 37.1 Å². The molecule has 0 unspecified atom stereocenters. The highest BCUT2D eigenvalue weighted by molar-refractivity contribution is 5.91. The van der Waals surface area contributed by atoms with E-state index in [1.54, 1.807) is 12.3 Å². The molecule has 0 aliphatic carbocycles. The van der Waals surface area contributed by atoms with Gasteiger partial charge in [0.15, 0.2) is 5.65 Å². The largest absolute Gasteiger partial charge is 0.381 e. The Morgan fingerprint density at radius 3 is 2.62 bits per heavy atom. The van der Waals surface area contributed by atoms with Gasteiger partial charge >= 0.3 is 0 Å². The van der Waals surface area contributed by atoms with E-state index >= 15 is 4.39 Å². The van der Waals surface area contributed by atoms with Crippen molar-refractivity contribution in [3.05, 3.63) is 53.9 Å². The quantitative estimate of drug-likeness (QED) is 0.352. The molecular weight excluding hydrogens is 493 g/mol. The molecule has 0 bridgehead atoms. The normalized spacial score (nSPS) is 18.0. The number of hydrogen-bond donors (Lipinski definition) is 1. The van der Waals surface area contributed by atoms with Crippen molar-refractivity contribution in [3.63, 3.8) is 0 Å². The highest BCUT2D eigenvalue weighted by Gasteiger charge is 2.25. The average molecular weight is 532 g/mol.